The van der Waals surface area contributed by atoms with Gasteiger partial charge in [0.15, 0.2) is 11.5 Å². The van der Waals surface area contributed by atoms with Crippen LogP contribution in [-0.4, -0.2) is 11.0 Å². The fourth-order valence-corrected chi connectivity index (χ4v) is 3.33. The van der Waals surface area contributed by atoms with E-state index >= 15 is 0 Å². The van der Waals surface area contributed by atoms with Gasteiger partial charge >= 0.3 is 0 Å². The molecule has 0 aliphatic heterocycles. The van der Waals surface area contributed by atoms with Crippen LogP contribution in [0.4, 0.5) is 0 Å². The molecular weight excluding hydrogens is 236 g/mol. The maximum Gasteiger partial charge on any atom is 0.199 e. The van der Waals surface area contributed by atoms with E-state index in [1.54, 1.807) is 0 Å². The molecule has 1 aliphatic carbocycles. The van der Waals surface area contributed by atoms with Crippen molar-refractivity contribution in [3.05, 3.63) is 30.2 Å². The second-order valence-corrected chi connectivity index (χ2v) is 6.42. The summed E-state index contributed by atoms with van der Waals surface area (Å²) in [7, 11) is 0. The SMILES string of the molecule is CC1C(N)CCC(c2nc3ccccc3o2)C1(C)C. The third-order valence-corrected chi connectivity index (χ3v) is 5.11. The second kappa shape index (κ2) is 4.34. The Kier molecular flexibility index (Phi) is 2.90. The van der Waals surface area contributed by atoms with E-state index in [4.69, 9.17) is 10.2 Å². The Morgan fingerprint density at radius 2 is 2.00 bits per heavy atom. The lowest BCUT2D eigenvalue weighted by Crippen LogP contribution is -2.45. The number of para-hydroxylation sites is 2. The van der Waals surface area contributed by atoms with Crippen molar-refractivity contribution < 1.29 is 4.42 Å². The van der Waals surface area contributed by atoms with Crippen LogP contribution in [0.1, 0.15) is 45.4 Å². The van der Waals surface area contributed by atoms with Gasteiger partial charge in [-0.25, -0.2) is 4.98 Å². The van der Waals surface area contributed by atoms with Gasteiger partial charge in [-0.15, -0.1) is 0 Å². The van der Waals surface area contributed by atoms with Gasteiger partial charge in [0, 0.05) is 12.0 Å². The van der Waals surface area contributed by atoms with E-state index < -0.39 is 0 Å². The van der Waals surface area contributed by atoms with Crippen molar-refractivity contribution in [1.82, 2.24) is 4.98 Å². The molecule has 3 atom stereocenters. The Bertz CT molecular complexity index is 554. The van der Waals surface area contributed by atoms with Crippen LogP contribution < -0.4 is 5.73 Å². The van der Waals surface area contributed by atoms with Crippen LogP contribution in [0.5, 0.6) is 0 Å². The molecule has 3 nitrogen and oxygen atoms in total. The van der Waals surface area contributed by atoms with Crippen molar-refractivity contribution in [2.24, 2.45) is 17.1 Å². The fraction of sp³-hybridized carbons (Fsp3) is 0.562. The lowest BCUT2D eigenvalue weighted by Gasteiger charge is -2.45. The quantitative estimate of drug-likeness (QED) is 0.848. The fourth-order valence-electron chi connectivity index (χ4n) is 3.33. The van der Waals surface area contributed by atoms with Gasteiger partial charge in [0.1, 0.15) is 5.52 Å². The lowest BCUT2D eigenvalue weighted by molar-refractivity contribution is 0.0855. The molecule has 0 saturated heterocycles. The molecule has 2 aromatic rings. The average Bonchev–Trinajstić information content (AvgIpc) is 2.79. The number of nitrogens with zero attached hydrogens (tertiary/aromatic N) is 1. The smallest absolute Gasteiger partial charge is 0.199 e. The molecule has 19 heavy (non-hydrogen) atoms. The molecule has 1 saturated carbocycles. The molecule has 1 fully saturated rings. The first kappa shape index (κ1) is 12.7. The molecule has 0 spiro atoms. The third kappa shape index (κ3) is 1.96. The number of nitrogens with two attached hydrogens (primary N) is 1. The average molecular weight is 258 g/mol. The number of hydrogen-bond donors (Lipinski definition) is 1. The highest BCUT2D eigenvalue weighted by Gasteiger charge is 2.44. The van der Waals surface area contributed by atoms with E-state index in [9.17, 15) is 0 Å². The van der Waals surface area contributed by atoms with Crippen molar-refractivity contribution in [2.45, 2.75) is 45.6 Å². The highest BCUT2D eigenvalue weighted by atomic mass is 16.3. The summed E-state index contributed by atoms with van der Waals surface area (Å²) in [5.74, 6) is 1.71. The van der Waals surface area contributed by atoms with E-state index in [2.05, 4.69) is 25.8 Å². The summed E-state index contributed by atoms with van der Waals surface area (Å²) in [6.45, 7) is 6.83. The van der Waals surface area contributed by atoms with Gasteiger partial charge in [0.05, 0.1) is 0 Å². The Labute approximate surface area is 114 Å². The maximum atomic E-state index is 6.22. The molecule has 3 rings (SSSR count). The normalized spacial score (nSPS) is 30.6. The van der Waals surface area contributed by atoms with Gasteiger partial charge in [0.25, 0.3) is 0 Å². The molecule has 0 radical (unpaired) electrons. The van der Waals surface area contributed by atoms with E-state index in [0.29, 0.717) is 11.8 Å². The minimum Gasteiger partial charge on any atom is -0.440 e. The van der Waals surface area contributed by atoms with Crippen LogP contribution >= 0.6 is 0 Å². The zero-order chi connectivity index (χ0) is 13.6. The van der Waals surface area contributed by atoms with Gasteiger partial charge in [-0.1, -0.05) is 32.9 Å². The Morgan fingerprint density at radius 1 is 1.26 bits per heavy atom. The summed E-state index contributed by atoms with van der Waals surface area (Å²) < 4.78 is 5.97. The van der Waals surface area contributed by atoms with Crippen LogP contribution in [-0.2, 0) is 0 Å². The molecule has 0 bridgehead atoms. The molecule has 2 N–H and O–H groups in total. The summed E-state index contributed by atoms with van der Waals surface area (Å²) in [6, 6.07) is 8.26. The number of hydrogen-bond acceptors (Lipinski definition) is 3. The topological polar surface area (TPSA) is 52.0 Å². The van der Waals surface area contributed by atoms with Crippen molar-refractivity contribution in [2.75, 3.05) is 0 Å². The van der Waals surface area contributed by atoms with E-state index in [0.717, 1.165) is 29.8 Å². The van der Waals surface area contributed by atoms with Crippen molar-refractivity contribution in [1.29, 1.82) is 0 Å². The van der Waals surface area contributed by atoms with E-state index in [-0.39, 0.29) is 11.5 Å². The first-order valence-corrected chi connectivity index (χ1v) is 7.11. The van der Waals surface area contributed by atoms with E-state index in [1.807, 2.05) is 24.3 Å². The maximum absolute atomic E-state index is 6.22. The monoisotopic (exact) mass is 258 g/mol. The first-order chi connectivity index (χ1) is 9.00. The van der Waals surface area contributed by atoms with Crippen molar-refractivity contribution in [3.63, 3.8) is 0 Å². The molecule has 102 valence electrons. The van der Waals surface area contributed by atoms with Crippen LogP contribution in [0.25, 0.3) is 11.1 Å². The van der Waals surface area contributed by atoms with Crippen molar-refractivity contribution >= 4 is 11.1 Å². The molecule has 3 heteroatoms. The summed E-state index contributed by atoms with van der Waals surface area (Å²) in [4.78, 5) is 4.68. The van der Waals surface area contributed by atoms with Gasteiger partial charge in [-0.3, -0.25) is 0 Å². The Hall–Kier alpha value is -1.35. The number of oxazole rings is 1. The number of benzene rings is 1. The largest absolute Gasteiger partial charge is 0.440 e. The zero-order valence-electron chi connectivity index (χ0n) is 11.9. The Morgan fingerprint density at radius 3 is 2.74 bits per heavy atom. The minimum atomic E-state index is 0.124. The van der Waals surface area contributed by atoms with Gasteiger partial charge in [-0.2, -0.15) is 0 Å². The van der Waals surface area contributed by atoms with E-state index in [1.165, 1.54) is 0 Å². The molecule has 1 aromatic heterocycles. The highest BCUT2D eigenvalue weighted by Crippen LogP contribution is 2.49. The number of fused-ring (bicyclic) bond motifs is 1. The van der Waals surface area contributed by atoms with Crippen LogP contribution in [0, 0.1) is 11.3 Å². The molecular formula is C16H22N2O. The van der Waals surface area contributed by atoms with Crippen LogP contribution in [0.2, 0.25) is 0 Å². The van der Waals surface area contributed by atoms with Gasteiger partial charge in [-0.05, 0) is 36.3 Å². The molecule has 0 amide bonds. The zero-order valence-corrected chi connectivity index (χ0v) is 11.9. The molecule has 3 unspecified atom stereocenters. The molecule has 1 heterocycles. The first-order valence-electron chi connectivity index (χ1n) is 7.11. The predicted octanol–water partition coefficient (Wildman–Crippen LogP) is 3.69. The highest BCUT2D eigenvalue weighted by molar-refractivity contribution is 5.72. The predicted molar refractivity (Wildman–Crippen MR) is 76.9 cm³/mol. The summed E-state index contributed by atoms with van der Waals surface area (Å²) >= 11 is 0. The van der Waals surface area contributed by atoms with Crippen LogP contribution in [0.3, 0.4) is 0 Å². The number of rotatable bonds is 1. The summed E-state index contributed by atoms with van der Waals surface area (Å²) in [5.41, 5.74) is 8.18. The lowest BCUT2D eigenvalue weighted by atomic mass is 9.61. The Balaban J connectivity index is 2.01. The minimum absolute atomic E-state index is 0.124. The summed E-state index contributed by atoms with van der Waals surface area (Å²) in [5, 5.41) is 0. The molecule has 1 aliphatic rings. The number of aromatic nitrogens is 1. The van der Waals surface area contributed by atoms with Gasteiger partial charge < -0.3 is 10.2 Å². The standard InChI is InChI=1S/C16H22N2O/c1-10-12(17)9-8-11(16(10,2)3)15-18-13-6-4-5-7-14(13)19-15/h4-7,10-12H,8-9,17H2,1-3H3. The summed E-state index contributed by atoms with van der Waals surface area (Å²) in [6.07, 6.45) is 2.11. The molecule has 1 aromatic carbocycles. The second-order valence-electron chi connectivity index (χ2n) is 6.42. The van der Waals surface area contributed by atoms with Crippen molar-refractivity contribution in [3.8, 4) is 0 Å². The van der Waals surface area contributed by atoms with Gasteiger partial charge in [0.2, 0.25) is 0 Å². The third-order valence-electron chi connectivity index (χ3n) is 5.11. The van der Waals surface area contributed by atoms with Crippen LogP contribution in [0.15, 0.2) is 28.7 Å².